The molecule has 10 nitrogen and oxygen atoms in total. The Morgan fingerprint density at radius 3 is 2.33 bits per heavy atom. The van der Waals surface area contributed by atoms with Crippen molar-refractivity contribution >= 4 is 35.0 Å². The lowest BCUT2D eigenvalue weighted by molar-refractivity contribution is -0.141. The Balaban J connectivity index is 1.61. The lowest BCUT2D eigenvalue weighted by Gasteiger charge is -2.47. The molecule has 2 amide bonds. The molecule has 3 aromatic rings. The highest BCUT2D eigenvalue weighted by Gasteiger charge is 2.48. The van der Waals surface area contributed by atoms with Crippen LogP contribution in [0.4, 0.5) is 46.6 Å². The third kappa shape index (κ3) is 7.17. The molecule has 1 fully saturated rings. The number of carbonyl (C=O) groups excluding carboxylic acids is 2. The zero-order chi connectivity index (χ0) is 31.6. The number of piperidine rings is 1. The molecule has 4 rings (SSSR count). The molecule has 0 unspecified atom stereocenters. The van der Waals surface area contributed by atoms with E-state index in [2.05, 4.69) is 20.1 Å². The van der Waals surface area contributed by atoms with Gasteiger partial charge in [-0.05, 0) is 45.0 Å². The first-order valence-electron chi connectivity index (χ1n) is 13.0. The molecule has 1 saturated heterocycles. The van der Waals surface area contributed by atoms with Crippen LogP contribution >= 0.6 is 0 Å². The van der Waals surface area contributed by atoms with E-state index in [4.69, 9.17) is 0 Å². The molecule has 234 valence electrons. The highest BCUT2D eigenvalue weighted by Crippen LogP contribution is 2.35. The lowest BCUT2D eigenvalue weighted by atomic mass is 9.84. The van der Waals surface area contributed by atoms with Gasteiger partial charge in [0.15, 0.2) is 5.65 Å². The van der Waals surface area contributed by atoms with Crippen molar-refractivity contribution in [2.75, 3.05) is 36.5 Å². The van der Waals surface area contributed by atoms with Crippen LogP contribution in [0.3, 0.4) is 0 Å². The van der Waals surface area contributed by atoms with Crippen LogP contribution in [0.1, 0.15) is 31.4 Å². The number of aromatic nitrogens is 5. The van der Waals surface area contributed by atoms with Crippen LogP contribution < -0.4 is 9.80 Å². The van der Waals surface area contributed by atoms with Gasteiger partial charge < -0.3 is 4.90 Å². The molecule has 0 saturated carbocycles. The molecule has 0 aromatic carbocycles. The van der Waals surface area contributed by atoms with Crippen LogP contribution in [0.2, 0.25) is 0 Å². The molecule has 0 radical (unpaired) electrons. The van der Waals surface area contributed by atoms with Gasteiger partial charge in [-0.2, -0.15) is 31.4 Å². The number of anilines is 2. The molecule has 0 aliphatic carbocycles. The molecule has 43 heavy (non-hydrogen) atoms. The number of alkyl halides is 8. The highest BCUT2D eigenvalue weighted by atomic mass is 19.4. The zero-order valence-corrected chi connectivity index (χ0v) is 22.6. The van der Waals surface area contributed by atoms with Crippen LogP contribution in [-0.2, 0) is 22.3 Å². The topological polar surface area (TPSA) is 100 Å². The van der Waals surface area contributed by atoms with Gasteiger partial charge in [-0.25, -0.2) is 33.3 Å². The fourth-order valence-corrected chi connectivity index (χ4v) is 5.00. The average Bonchev–Trinajstić information content (AvgIpc) is 3.33. The fraction of sp³-hybridized carbons (Fsp3) is 0.520. The molecule has 3 aromatic heterocycles. The number of hydrogen-bond donors (Lipinski definition) is 0. The summed E-state index contributed by atoms with van der Waals surface area (Å²) in [4.78, 5) is 41.6. The number of rotatable bonds is 10. The van der Waals surface area contributed by atoms with Crippen LogP contribution in [0.15, 0.2) is 30.7 Å². The van der Waals surface area contributed by atoms with Gasteiger partial charge in [0.1, 0.15) is 29.1 Å². The summed E-state index contributed by atoms with van der Waals surface area (Å²) in [5.74, 6) is -0.571. The van der Waals surface area contributed by atoms with Crippen LogP contribution in [0, 0.1) is 0 Å². The number of nitrogens with zero attached hydrogens (tertiary/aromatic N) is 8. The van der Waals surface area contributed by atoms with Crippen molar-refractivity contribution < 1.29 is 44.7 Å². The van der Waals surface area contributed by atoms with E-state index in [-0.39, 0.29) is 68.0 Å². The minimum absolute atomic E-state index is 0.0250. The van der Waals surface area contributed by atoms with Crippen molar-refractivity contribution in [3.63, 3.8) is 0 Å². The maximum atomic E-state index is 13.9. The van der Waals surface area contributed by atoms with Gasteiger partial charge in [-0.15, -0.1) is 0 Å². The van der Waals surface area contributed by atoms with Gasteiger partial charge in [0.25, 0.3) is 12.3 Å². The van der Waals surface area contributed by atoms with E-state index in [9.17, 15) is 44.7 Å². The molecule has 1 aliphatic heterocycles. The standard InChI is InChI=1S/C25H26F8N8O2/c1-38(8-2-5-24(28,29)30)23(22(43)40(15-42)16-3-4-18(35-11-16)25(31,32)33)6-9-39(10-7-23)20-13-34-17-12-36-41(14-19(26)27)21(17)37-20/h3-4,11-13,15,19H,2,5-10,14H2,1H3. The quantitative estimate of drug-likeness (QED) is 0.244. The molecular weight excluding hydrogens is 596 g/mol. The average molecular weight is 623 g/mol. The SMILES string of the molecule is CN(CCCC(F)(F)F)C1(C(=O)N(C=O)c2ccc(C(F)(F)F)nc2)CCN(c2cnc3cnn(CC(F)F)c3n2)CC1. The molecule has 0 spiro atoms. The Morgan fingerprint density at radius 1 is 1.07 bits per heavy atom. The number of pyridine rings is 1. The lowest BCUT2D eigenvalue weighted by Crippen LogP contribution is -2.63. The maximum Gasteiger partial charge on any atom is 0.433 e. The number of imide groups is 1. The number of amides is 2. The molecule has 18 heteroatoms. The molecule has 0 atom stereocenters. The molecule has 0 N–H and O–H groups in total. The summed E-state index contributed by atoms with van der Waals surface area (Å²) >= 11 is 0. The van der Waals surface area contributed by atoms with Crippen molar-refractivity contribution in [1.82, 2.24) is 29.6 Å². The van der Waals surface area contributed by atoms with Gasteiger partial charge in [-0.1, -0.05) is 0 Å². The molecular formula is C25H26F8N8O2. The van der Waals surface area contributed by atoms with Crippen molar-refractivity contribution in [3.05, 3.63) is 36.4 Å². The van der Waals surface area contributed by atoms with E-state index < -0.39 is 48.9 Å². The predicted octanol–water partition coefficient (Wildman–Crippen LogP) is 4.31. The Labute approximate surface area is 239 Å². The minimum Gasteiger partial charge on any atom is -0.355 e. The third-order valence-corrected chi connectivity index (χ3v) is 7.28. The van der Waals surface area contributed by atoms with Crippen LogP contribution in [0.25, 0.3) is 11.2 Å². The van der Waals surface area contributed by atoms with Crippen molar-refractivity contribution in [1.29, 1.82) is 0 Å². The molecule has 4 heterocycles. The van der Waals surface area contributed by atoms with Crippen molar-refractivity contribution in [2.24, 2.45) is 0 Å². The van der Waals surface area contributed by atoms with Crippen LogP contribution in [0.5, 0.6) is 0 Å². The monoisotopic (exact) mass is 622 g/mol. The number of halogens is 8. The van der Waals surface area contributed by atoms with Crippen molar-refractivity contribution in [3.8, 4) is 0 Å². The van der Waals surface area contributed by atoms with Gasteiger partial charge in [0.2, 0.25) is 6.41 Å². The minimum atomic E-state index is -4.76. The summed E-state index contributed by atoms with van der Waals surface area (Å²) < 4.78 is 104. The van der Waals surface area contributed by atoms with Crippen molar-refractivity contribution in [2.45, 2.75) is 56.5 Å². The van der Waals surface area contributed by atoms with E-state index >= 15 is 0 Å². The summed E-state index contributed by atoms with van der Waals surface area (Å²) in [6.07, 6.45) is -9.88. The van der Waals surface area contributed by atoms with E-state index in [1.54, 1.807) is 4.90 Å². The second kappa shape index (κ2) is 12.3. The Morgan fingerprint density at radius 2 is 1.77 bits per heavy atom. The highest BCUT2D eigenvalue weighted by molar-refractivity contribution is 6.11. The van der Waals surface area contributed by atoms with Gasteiger partial charge in [0, 0.05) is 19.5 Å². The fourth-order valence-electron chi connectivity index (χ4n) is 5.00. The summed E-state index contributed by atoms with van der Waals surface area (Å²) in [6.45, 7) is -0.697. The predicted molar refractivity (Wildman–Crippen MR) is 136 cm³/mol. The largest absolute Gasteiger partial charge is 0.433 e. The van der Waals surface area contributed by atoms with E-state index in [0.717, 1.165) is 16.9 Å². The Hall–Kier alpha value is -3.96. The maximum absolute atomic E-state index is 13.9. The van der Waals surface area contributed by atoms with E-state index in [0.29, 0.717) is 11.0 Å². The Bertz CT molecular complexity index is 1420. The molecule has 0 bridgehead atoms. The summed E-state index contributed by atoms with van der Waals surface area (Å²) in [6, 6.07) is 1.51. The second-order valence-corrected chi connectivity index (χ2v) is 9.99. The normalized spacial score (nSPS) is 15.8. The first-order chi connectivity index (χ1) is 20.1. The van der Waals surface area contributed by atoms with Gasteiger partial charge in [-0.3, -0.25) is 14.5 Å². The number of carbonyl (C=O) groups is 2. The summed E-state index contributed by atoms with van der Waals surface area (Å²) in [5.41, 5.74) is -2.63. The number of hydrogen-bond acceptors (Lipinski definition) is 8. The zero-order valence-electron chi connectivity index (χ0n) is 22.6. The summed E-state index contributed by atoms with van der Waals surface area (Å²) in [7, 11) is 1.44. The second-order valence-electron chi connectivity index (χ2n) is 9.99. The van der Waals surface area contributed by atoms with E-state index in [1.807, 2.05) is 0 Å². The summed E-state index contributed by atoms with van der Waals surface area (Å²) in [5, 5.41) is 3.87. The smallest absolute Gasteiger partial charge is 0.355 e. The van der Waals surface area contributed by atoms with Gasteiger partial charge >= 0.3 is 12.4 Å². The molecule has 1 aliphatic rings. The van der Waals surface area contributed by atoms with Gasteiger partial charge in [0.05, 0.1) is 24.3 Å². The first-order valence-corrected chi connectivity index (χ1v) is 13.0. The number of likely N-dealkylation sites (N-methyl/N-ethyl adjacent to an activating group) is 1. The Kier molecular flexibility index (Phi) is 9.17. The third-order valence-electron chi connectivity index (χ3n) is 7.28. The number of fused-ring (bicyclic) bond motifs is 1. The van der Waals surface area contributed by atoms with Crippen LogP contribution in [-0.4, -0.2) is 86.8 Å². The first kappa shape index (κ1) is 32.0. The van der Waals surface area contributed by atoms with E-state index in [1.165, 1.54) is 24.3 Å².